The molecule has 7 heteroatoms. The molecule has 0 radical (unpaired) electrons. The van der Waals surface area contributed by atoms with Crippen LogP contribution in [-0.2, 0) is 4.74 Å². The van der Waals surface area contributed by atoms with E-state index in [-0.39, 0.29) is 5.95 Å². The first-order valence-electron chi connectivity index (χ1n) is 8.56. The number of amides is 1. The van der Waals surface area contributed by atoms with E-state index in [2.05, 4.69) is 15.0 Å². The molecule has 1 amide bonds. The lowest BCUT2D eigenvalue weighted by Gasteiger charge is -2.26. The van der Waals surface area contributed by atoms with Crippen molar-refractivity contribution in [2.24, 2.45) is 0 Å². The SMILES string of the molecule is Cc1cc(C)cc(N(C(=O)OC(C)(C)C)c2nccc(-c3cscn3)n2)c1. The highest BCUT2D eigenvalue weighted by atomic mass is 32.1. The van der Waals surface area contributed by atoms with Crippen molar-refractivity contribution >= 4 is 29.1 Å². The van der Waals surface area contributed by atoms with E-state index < -0.39 is 11.7 Å². The highest BCUT2D eigenvalue weighted by Gasteiger charge is 2.27. The molecule has 0 saturated carbocycles. The molecule has 0 atom stereocenters. The van der Waals surface area contributed by atoms with Crippen molar-refractivity contribution in [3.8, 4) is 11.4 Å². The van der Waals surface area contributed by atoms with Gasteiger partial charge in [-0.3, -0.25) is 0 Å². The maximum atomic E-state index is 13.0. The summed E-state index contributed by atoms with van der Waals surface area (Å²) in [5.41, 5.74) is 5.24. The highest BCUT2D eigenvalue weighted by molar-refractivity contribution is 7.07. The molecule has 3 aromatic rings. The number of hydrogen-bond donors (Lipinski definition) is 0. The van der Waals surface area contributed by atoms with Gasteiger partial charge in [0.25, 0.3) is 0 Å². The molecular weight excluding hydrogens is 360 g/mol. The largest absolute Gasteiger partial charge is 0.443 e. The van der Waals surface area contributed by atoms with Crippen LogP contribution in [0.3, 0.4) is 0 Å². The maximum absolute atomic E-state index is 13.0. The van der Waals surface area contributed by atoms with E-state index in [1.165, 1.54) is 16.2 Å². The third kappa shape index (κ3) is 4.68. The first-order chi connectivity index (χ1) is 12.7. The smallest absolute Gasteiger partial charge is 0.421 e. The average molecular weight is 382 g/mol. The van der Waals surface area contributed by atoms with Crippen LogP contribution >= 0.6 is 11.3 Å². The predicted octanol–water partition coefficient (Wildman–Crippen LogP) is 5.29. The first kappa shape index (κ1) is 19.0. The number of aromatic nitrogens is 3. The van der Waals surface area contributed by atoms with Gasteiger partial charge < -0.3 is 4.74 Å². The molecule has 0 unspecified atom stereocenters. The van der Waals surface area contributed by atoms with Crippen LogP contribution in [-0.4, -0.2) is 26.6 Å². The monoisotopic (exact) mass is 382 g/mol. The van der Waals surface area contributed by atoms with Gasteiger partial charge in [-0.25, -0.2) is 24.6 Å². The second-order valence-corrected chi connectivity index (χ2v) is 8.00. The number of anilines is 2. The minimum atomic E-state index is -0.638. The lowest BCUT2D eigenvalue weighted by molar-refractivity contribution is 0.0597. The fourth-order valence-electron chi connectivity index (χ4n) is 2.63. The average Bonchev–Trinajstić information content (AvgIpc) is 3.07. The van der Waals surface area contributed by atoms with E-state index in [4.69, 9.17) is 4.74 Å². The Bertz CT molecular complexity index is 929. The zero-order chi connectivity index (χ0) is 19.6. The maximum Gasteiger partial charge on any atom is 0.421 e. The number of aryl methyl sites for hydroxylation is 2. The Morgan fingerprint density at radius 2 is 1.78 bits per heavy atom. The van der Waals surface area contributed by atoms with Gasteiger partial charge in [-0.05, 0) is 63.9 Å². The van der Waals surface area contributed by atoms with Crippen LogP contribution in [0.15, 0.2) is 41.4 Å². The Hall–Kier alpha value is -2.80. The second kappa shape index (κ2) is 7.44. The molecule has 0 N–H and O–H groups in total. The van der Waals surface area contributed by atoms with Gasteiger partial charge in [-0.15, -0.1) is 11.3 Å². The summed E-state index contributed by atoms with van der Waals surface area (Å²) in [6.45, 7) is 9.46. The molecule has 0 aliphatic heterocycles. The fourth-order valence-corrected chi connectivity index (χ4v) is 3.17. The van der Waals surface area contributed by atoms with Gasteiger partial charge in [0, 0.05) is 11.6 Å². The van der Waals surface area contributed by atoms with E-state index in [9.17, 15) is 4.79 Å². The summed E-state index contributed by atoms with van der Waals surface area (Å²) < 4.78 is 5.61. The van der Waals surface area contributed by atoms with E-state index in [1.54, 1.807) is 17.8 Å². The van der Waals surface area contributed by atoms with Gasteiger partial charge in [0.2, 0.25) is 5.95 Å². The van der Waals surface area contributed by atoms with Gasteiger partial charge >= 0.3 is 6.09 Å². The molecule has 0 bridgehead atoms. The molecule has 2 aromatic heterocycles. The summed E-state index contributed by atoms with van der Waals surface area (Å²) in [5.74, 6) is 0.250. The quantitative estimate of drug-likeness (QED) is 0.615. The van der Waals surface area contributed by atoms with Gasteiger partial charge in [0.05, 0.1) is 22.6 Å². The number of carbonyl (C=O) groups is 1. The molecule has 1 aromatic carbocycles. The number of benzene rings is 1. The van der Waals surface area contributed by atoms with Gasteiger partial charge in [0.15, 0.2) is 0 Å². The van der Waals surface area contributed by atoms with Crippen LogP contribution < -0.4 is 4.90 Å². The van der Waals surface area contributed by atoms with E-state index in [1.807, 2.05) is 58.2 Å². The van der Waals surface area contributed by atoms with Crippen molar-refractivity contribution < 1.29 is 9.53 Å². The number of ether oxygens (including phenoxy) is 1. The summed E-state index contributed by atoms with van der Waals surface area (Å²) >= 11 is 1.49. The molecule has 0 aliphatic rings. The summed E-state index contributed by atoms with van der Waals surface area (Å²) in [5, 5.41) is 1.90. The highest BCUT2D eigenvalue weighted by Crippen LogP contribution is 2.28. The Morgan fingerprint density at radius 1 is 1.07 bits per heavy atom. The summed E-state index contributed by atoms with van der Waals surface area (Å²) in [6.07, 6.45) is 1.10. The van der Waals surface area contributed by atoms with Crippen LogP contribution in [0.1, 0.15) is 31.9 Å². The lowest BCUT2D eigenvalue weighted by Crippen LogP contribution is -2.35. The Labute approximate surface area is 162 Å². The van der Waals surface area contributed by atoms with Crippen molar-refractivity contribution in [3.63, 3.8) is 0 Å². The minimum absolute atomic E-state index is 0.250. The van der Waals surface area contributed by atoms with Crippen molar-refractivity contribution in [2.75, 3.05) is 4.90 Å². The molecule has 2 heterocycles. The number of hydrogen-bond acceptors (Lipinski definition) is 6. The van der Waals surface area contributed by atoms with Crippen molar-refractivity contribution in [2.45, 2.75) is 40.2 Å². The van der Waals surface area contributed by atoms with E-state index >= 15 is 0 Å². The third-order valence-corrected chi connectivity index (χ3v) is 4.16. The van der Waals surface area contributed by atoms with Gasteiger partial charge in [-0.2, -0.15) is 0 Å². The number of nitrogens with zero attached hydrogens (tertiary/aromatic N) is 4. The second-order valence-electron chi connectivity index (χ2n) is 7.28. The molecule has 0 spiro atoms. The van der Waals surface area contributed by atoms with E-state index in [0.29, 0.717) is 11.4 Å². The van der Waals surface area contributed by atoms with Crippen LogP contribution in [0.5, 0.6) is 0 Å². The van der Waals surface area contributed by atoms with Crippen LogP contribution in [0, 0.1) is 13.8 Å². The molecule has 140 valence electrons. The minimum Gasteiger partial charge on any atom is -0.443 e. The van der Waals surface area contributed by atoms with E-state index in [0.717, 1.165) is 16.8 Å². The zero-order valence-electron chi connectivity index (χ0n) is 16.1. The van der Waals surface area contributed by atoms with Crippen LogP contribution in [0.2, 0.25) is 0 Å². The molecule has 6 nitrogen and oxygen atoms in total. The molecule has 0 fully saturated rings. The third-order valence-electron chi connectivity index (χ3n) is 3.58. The summed E-state index contributed by atoms with van der Waals surface area (Å²) in [7, 11) is 0. The Balaban J connectivity index is 2.09. The number of thiazole rings is 1. The standard InChI is InChI=1S/C20H22N4O2S/c1-13-8-14(2)10-15(9-13)24(19(25)26-20(3,4)5)18-21-7-6-16(23-18)17-11-27-12-22-17/h6-12H,1-5H3. The zero-order valence-corrected chi connectivity index (χ0v) is 16.9. The molecular formula is C20H22N4O2S. The first-order valence-corrected chi connectivity index (χ1v) is 9.50. The summed E-state index contributed by atoms with van der Waals surface area (Å²) in [6, 6.07) is 7.64. The molecule has 0 aliphatic carbocycles. The summed E-state index contributed by atoms with van der Waals surface area (Å²) in [4.78, 5) is 27.6. The van der Waals surface area contributed by atoms with Crippen molar-refractivity contribution in [1.29, 1.82) is 0 Å². The van der Waals surface area contributed by atoms with Crippen molar-refractivity contribution in [1.82, 2.24) is 15.0 Å². The molecule has 3 rings (SSSR count). The number of rotatable bonds is 3. The topological polar surface area (TPSA) is 68.2 Å². The molecule has 0 saturated heterocycles. The van der Waals surface area contributed by atoms with Crippen molar-refractivity contribution in [3.05, 3.63) is 52.5 Å². The normalized spacial score (nSPS) is 11.3. The van der Waals surface area contributed by atoms with Crippen LogP contribution in [0.25, 0.3) is 11.4 Å². The lowest BCUT2D eigenvalue weighted by atomic mass is 10.1. The number of carbonyl (C=O) groups excluding carboxylic acids is 1. The van der Waals surface area contributed by atoms with Crippen LogP contribution in [0.4, 0.5) is 16.4 Å². The van der Waals surface area contributed by atoms with Gasteiger partial charge in [0.1, 0.15) is 5.60 Å². The fraction of sp³-hybridized carbons (Fsp3) is 0.300. The van der Waals surface area contributed by atoms with Gasteiger partial charge in [-0.1, -0.05) is 6.07 Å². The Kier molecular flexibility index (Phi) is 5.23. The predicted molar refractivity (Wildman–Crippen MR) is 107 cm³/mol. The Morgan fingerprint density at radius 3 is 2.37 bits per heavy atom. The molecule has 27 heavy (non-hydrogen) atoms.